The minimum Gasteiger partial charge on any atom is -0.388 e. The van der Waals surface area contributed by atoms with Crippen LogP contribution in [0.2, 0.25) is 0 Å². The Balaban J connectivity index is 1.77. The van der Waals surface area contributed by atoms with Gasteiger partial charge in [0.25, 0.3) is 0 Å². The van der Waals surface area contributed by atoms with Crippen molar-refractivity contribution in [1.29, 1.82) is 0 Å². The van der Waals surface area contributed by atoms with Crippen LogP contribution in [0.4, 0.5) is 0 Å². The highest BCUT2D eigenvalue weighted by atomic mass is 16.3. The SMILES string of the molecule is CC(CC(O)c1ccccc1)NC(=O)CN1CCCCC1=O. The van der Waals surface area contributed by atoms with E-state index in [1.807, 2.05) is 37.3 Å². The van der Waals surface area contributed by atoms with Crippen LogP contribution in [-0.4, -0.2) is 41.0 Å². The summed E-state index contributed by atoms with van der Waals surface area (Å²) >= 11 is 0. The zero-order valence-corrected chi connectivity index (χ0v) is 13.0. The van der Waals surface area contributed by atoms with E-state index in [1.165, 1.54) is 0 Å². The quantitative estimate of drug-likeness (QED) is 0.839. The molecule has 2 unspecified atom stereocenters. The maximum atomic E-state index is 12.0. The molecule has 1 aromatic rings. The van der Waals surface area contributed by atoms with Crippen LogP contribution in [0, 0.1) is 0 Å². The summed E-state index contributed by atoms with van der Waals surface area (Å²) < 4.78 is 0. The van der Waals surface area contributed by atoms with Crippen molar-refractivity contribution in [3.8, 4) is 0 Å². The van der Waals surface area contributed by atoms with E-state index in [-0.39, 0.29) is 24.4 Å². The molecule has 1 aromatic carbocycles. The fourth-order valence-corrected chi connectivity index (χ4v) is 2.73. The van der Waals surface area contributed by atoms with Gasteiger partial charge in [0.05, 0.1) is 12.6 Å². The smallest absolute Gasteiger partial charge is 0.239 e. The largest absolute Gasteiger partial charge is 0.388 e. The number of nitrogens with one attached hydrogen (secondary N) is 1. The average molecular weight is 304 g/mol. The first-order chi connectivity index (χ1) is 10.6. The predicted octanol–water partition coefficient (Wildman–Crippen LogP) is 1.63. The van der Waals surface area contributed by atoms with Gasteiger partial charge in [-0.25, -0.2) is 0 Å². The highest BCUT2D eigenvalue weighted by molar-refractivity contribution is 5.85. The molecule has 120 valence electrons. The summed E-state index contributed by atoms with van der Waals surface area (Å²) in [5.41, 5.74) is 0.842. The number of likely N-dealkylation sites (tertiary alicyclic amines) is 1. The summed E-state index contributed by atoms with van der Waals surface area (Å²) in [5, 5.41) is 13.0. The summed E-state index contributed by atoms with van der Waals surface area (Å²) in [6, 6.07) is 9.24. The fourth-order valence-electron chi connectivity index (χ4n) is 2.73. The first-order valence-corrected chi connectivity index (χ1v) is 7.86. The lowest BCUT2D eigenvalue weighted by molar-refractivity contribution is -0.138. The van der Waals surface area contributed by atoms with E-state index in [1.54, 1.807) is 4.90 Å². The van der Waals surface area contributed by atoms with Crippen LogP contribution in [0.25, 0.3) is 0 Å². The van der Waals surface area contributed by atoms with Gasteiger partial charge in [-0.15, -0.1) is 0 Å². The third-order valence-electron chi connectivity index (χ3n) is 3.92. The van der Waals surface area contributed by atoms with Crippen molar-refractivity contribution >= 4 is 11.8 Å². The molecule has 5 heteroatoms. The van der Waals surface area contributed by atoms with Gasteiger partial charge >= 0.3 is 0 Å². The Hall–Kier alpha value is -1.88. The first kappa shape index (κ1) is 16.5. The van der Waals surface area contributed by atoms with Crippen LogP contribution in [0.1, 0.15) is 44.3 Å². The van der Waals surface area contributed by atoms with Crippen LogP contribution < -0.4 is 5.32 Å². The van der Waals surface area contributed by atoms with Gasteiger partial charge in [-0.05, 0) is 31.7 Å². The van der Waals surface area contributed by atoms with Gasteiger partial charge in [-0.1, -0.05) is 30.3 Å². The Labute approximate surface area is 131 Å². The topological polar surface area (TPSA) is 69.6 Å². The summed E-state index contributed by atoms with van der Waals surface area (Å²) in [4.78, 5) is 25.3. The highest BCUT2D eigenvalue weighted by Gasteiger charge is 2.21. The van der Waals surface area contributed by atoms with Gasteiger partial charge in [0, 0.05) is 19.0 Å². The van der Waals surface area contributed by atoms with Gasteiger partial charge in [0.2, 0.25) is 11.8 Å². The van der Waals surface area contributed by atoms with Crippen molar-refractivity contribution in [3.05, 3.63) is 35.9 Å². The number of nitrogens with zero attached hydrogens (tertiary/aromatic N) is 1. The Morgan fingerprint density at radius 2 is 2.05 bits per heavy atom. The van der Waals surface area contributed by atoms with Crippen molar-refractivity contribution in [2.24, 2.45) is 0 Å². The summed E-state index contributed by atoms with van der Waals surface area (Å²) in [6.07, 6.45) is 2.25. The summed E-state index contributed by atoms with van der Waals surface area (Å²) in [6.45, 7) is 2.64. The Morgan fingerprint density at radius 1 is 1.32 bits per heavy atom. The van der Waals surface area contributed by atoms with E-state index >= 15 is 0 Å². The van der Waals surface area contributed by atoms with Gasteiger partial charge in [0.1, 0.15) is 0 Å². The number of carbonyl (C=O) groups is 2. The predicted molar refractivity (Wildman–Crippen MR) is 84.1 cm³/mol. The van der Waals surface area contributed by atoms with E-state index in [0.29, 0.717) is 19.4 Å². The van der Waals surface area contributed by atoms with Crippen molar-refractivity contribution in [2.45, 2.75) is 44.8 Å². The number of rotatable bonds is 6. The molecule has 2 rings (SSSR count). The van der Waals surface area contributed by atoms with Crippen molar-refractivity contribution < 1.29 is 14.7 Å². The van der Waals surface area contributed by atoms with E-state index < -0.39 is 6.10 Å². The second kappa shape index (κ2) is 7.94. The molecular weight excluding hydrogens is 280 g/mol. The zero-order valence-electron chi connectivity index (χ0n) is 13.0. The van der Waals surface area contributed by atoms with Crippen LogP contribution in [0.5, 0.6) is 0 Å². The number of hydrogen-bond donors (Lipinski definition) is 2. The monoisotopic (exact) mass is 304 g/mol. The first-order valence-electron chi connectivity index (χ1n) is 7.86. The number of benzene rings is 1. The lowest BCUT2D eigenvalue weighted by Crippen LogP contribution is -2.45. The molecule has 0 spiro atoms. The Morgan fingerprint density at radius 3 is 2.73 bits per heavy atom. The Kier molecular flexibility index (Phi) is 5.95. The number of amides is 2. The molecule has 1 heterocycles. The van der Waals surface area contributed by atoms with Crippen LogP contribution in [0.3, 0.4) is 0 Å². The molecule has 2 N–H and O–H groups in total. The number of piperidine rings is 1. The average Bonchev–Trinajstić information content (AvgIpc) is 2.50. The number of carbonyl (C=O) groups excluding carboxylic acids is 2. The summed E-state index contributed by atoms with van der Waals surface area (Å²) in [5.74, 6) is -0.110. The second-order valence-electron chi connectivity index (χ2n) is 5.90. The second-order valence-corrected chi connectivity index (χ2v) is 5.90. The molecule has 5 nitrogen and oxygen atoms in total. The van der Waals surface area contributed by atoms with E-state index in [2.05, 4.69) is 5.32 Å². The molecule has 1 fully saturated rings. The Bertz CT molecular complexity index is 504. The zero-order chi connectivity index (χ0) is 15.9. The van der Waals surface area contributed by atoms with Crippen molar-refractivity contribution in [1.82, 2.24) is 10.2 Å². The lowest BCUT2D eigenvalue weighted by atomic mass is 10.0. The van der Waals surface area contributed by atoms with Gasteiger partial charge in [-0.3, -0.25) is 9.59 Å². The number of hydrogen-bond acceptors (Lipinski definition) is 3. The molecule has 1 aliphatic heterocycles. The molecule has 22 heavy (non-hydrogen) atoms. The molecule has 1 aliphatic rings. The molecule has 0 bridgehead atoms. The fraction of sp³-hybridized carbons (Fsp3) is 0.529. The maximum absolute atomic E-state index is 12.0. The molecule has 2 amide bonds. The third kappa shape index (κ3) is 4.84. The van der Waals surface area contributed by atoms with Crippen LogP contribution in [-0.2, 0) is 9.59 Å². The van der Waals surface area contributed by atoms with Gasteiger partial charge in [-0.2, -0.15) is 0 Å². The molecule has 0 aliphatic carbocycles. The third-order valence-corrected chi connectivity index (χ3v) is 3.92. The van der Waals surface area contributed by atoms with Crippen LogP contribution >= 0.6 is 0 Å². The molecule has 0 saturated carbocycles. The molecule has 2 atom stereocenters. The van der Waals surface area contributed by atoms with E-state index in [9.17, 15) is 14.7 Å². The van der Waals surface area contributed by atoms with Crippen LogP contribution in [0.15, 0.2) is 30.3 Å². The van der Waals surface area contributed by atoms with Gasteiger partial charge in [0.15, 0.2) is 0 Å². The normalized spacial score (nSPS) is 17.9. The minimum atomic E-state index is -0.604. The lowest BCUT2D eigenvalue weighted by Gasteiger charge is -2.27. The molecular formula is C17H24N2O3. The standard InChI is InChI=1S/C17H24N2O3/c1-13(11-15(20)14-7-3-2-4-8-14)18-16(21)12-19-10-6-5-9-17(19)22/h2-4,7-8,13,15,20H,5-6,9-12H2,1H3,(H,18,21). The number of aliphatic hydroxyl groups is 1. The summed E-state index contributed by atoms with van der Waals surface area (Å²) in [7, 11) is 0. The van der Waals surface area contributed by atoms with Crippen molar-refractivity contribution in [2.75, 3.05) is 13.1 Å². The highest BCUT2D eigenvalue weighted by Crippen LogP contribution is 2.17. The molecule has 1 saturated heterocycles. The maximum Gasteiger partial charge on any atom is 0.239 e. The van der Waals surface area contributed by atoms with Gasteiger partial charge < -0.3 is 15.3 Å². The minimum absolute atomic E-state index is 0.0540. The van der Waals surface area contributed by atoms with Crippen molar-refractivity contribution in [3.63, 3.8) is 0 Å². The van der Waals surface area contributed by atoms with E-state index in [4.69, 9.17) is 0 Å². The molecule has 0 aromatic heterocycles. The number of aliphatic hydroxyl groups excluding tert-OH is 1. The van der Waals surface area contributed by atoms with E-state index in [0.717, 1.165) is 18.4 Å². The molecule has 0 radical (unpaired) electrons.